The fourth-order valence-electron chi connectivity index (χ4n) is 1.03. The lowest BCUT2D eigenvalue weighted by molar-refractivity contribution is -0.143. The molecule has 0 saturated carbocycles. The number of hydrogen-bond acceptors (Lipinski definition) is 4. The zero-order chi connectivity index (χ0) is 8.97. The Kier molecular flexibility index (Phi) is 3.62. The first-order chi connectivity index (χ1) is 5.75. The standard InChI is InChI=1S/C8H12O3S/c1-2-4-11-8(10)7-6(9)3-5-12-7/h2,6-7,9H,1,3-5H2. The minimum Gasteiger partial charge on any atom is -0.461 e. The van der Waals surface area contributed by atoms with Crippen molar-refractivity contribution in [1.82, 2.24) is 0 Å². The summed E-state index contributed by atoms with van der Waals surface area (Å²) >= 11 is 1.45. The van der Waals surface area contributed by atoms with Gasteiger partial charge >= 0.3 is 5.97 Å². The number of esters is 1. The smallest absolute Gasteiger partial charge is 0.322 e. The van der Waals surface area contributed by atoms with Crippen LogP contribution in [-0.4, -0.2) is 34.8 Å². The molecule has 1 aliphatic rings. The molecule has 0 aliphatic carbocycles. The number of carbonyl (C=O) groups is 1. The van der Waals surface area contributed by atoms with Crippen molar-refractivity contribution in [1.29, 1.82) is 0 Å². The van der Waals surface area contributed by atoms with Crippen LogP contribution in [0, 0.1) is 0 Å². The highest BCUT2D eigenvalue weighted by atomic mass is 32.2. The van der Waals surface area contributed by atoms with E-state index >= 15 is 0 Å². The summed E-state index contributed by atoms with van der Waals surface area (Å²) < 4.78 is 4.81. The molecule has 12 heavy (non-hydrogen) atoms. The van der Waals surface area contributed by atoms with Gasteiger partial charge in [-0.1, -0.05) is 12.7 Å². The van der Waals surface area contributed by atoms with Gasteiger partial charge in [0.2, 0.25) is 0 Å². The van der Waals surface area contributed by atoms with E-state index in [2.05, 4.69) is 6.58 Å². The maximum atomic E-state index is 11.2. The Bertz CT molecular complexity index is 181. The van der Waals surface area contributed by atoms with Crippen LogP contribution in [0.15, 0.2) is 12.7 Å². The second-order valence-electron chi connectivity index (χ2n) is 2.57. The van der Waals surface area contributed by atoms with Gasteiger partial charge in [-0.3, -0.25) is 4.79 Å². The summed E-state index contributed by atoms with van der Waals surface area (Å²) in [4.78, 5) is 11.2. The molecule has 1 rings (SSSR count). The summed E-state index contributed by atoms with van der Waals surface area (Å²) in [5.74, 6) is 0.500. The van der Waals surface area contributed by atoms with Gasteiger partial charge in [-0.05, 0) is 12.2 Å². The Morgan fingerprint density at radius 2 is 2.58 bits per heavy atom. The van der Waals surface area contributed by atoms with Crippen molar-refractivity contribution in [3.05, 3.63) is 12.7 Å². The van der Waals surface area contributed by atoms with E-state index in [1.54, 1.807) is 0 Å². The second kappa shape index (κ2) is 4.52. The number of aliphatic hydroxyl groups is 1. The molecular formula is C8H12O3S. The number of hydrogen-bond donors (Lipinski definition) is 1. The van der Waals surface area contributed by atoms with Gasteiger partial charge in [-0.25, -0.2) is 0 Å². The van der Waals surface area contributed by atoms with Crippen LogP contribution < -0.4 is 0 Å². The number of thioether (sulfide) groups is 1. The molecule has 1 aliphatic heterocycles. The summed E-state index contributed by atoms with van der Waals surface area (Å²) in [6.45, 7) is 3.66. The fourth-order valence-corrected chi connectivity index (χ4v) is 2.22. The third-order valence-electron chi connectivity index (χ3n) is 1.64. The predicted octanol–water partition coefficient (Wildman–Crippen LogP) is 0.582. The van der Waals surface area contributed by atoms with E-state index in [-0.39, 0.29) is 17.8 Å². The van der Waals surface area contributed by atoms with Gasteiger partial charge in [0.05, 0.1) is 6.10 Å². The number of carbonyl (C=O) groups excluding carboxylic acids is 1. The van der Waals surface area contributed by atoms with E-state index in [9.17, 15) is 9.90 Å². The van der Waals surface area contributed by atoms with Crippen LogP contribution >= 0.6 is 11.8 Å². The summed E-state index contributed by atoms with van der Waals surface area (Å²) in [5.41, 5.74) is 0. The van der Waals surface area contributed by atoms with Crippen molar-refractivity contribution < 1.29 is 14.6 Å². The van der Waals surface area contributed by atoms with Crippen LogP contribution in [-0.2, 0) is 9.53 Å². The molecule has 1 fully saturated rings. The van der Waals surface area contributed by atoms with Gasteiger partial charge < -0.3 is 9.84 Å². The van der Waals surface area contributed by atoms with Crippen molar-refractivity contribution in [2.45, 2.75) is 17.8 Å². The molecule has 1 saturated heterocycles. The van der Waals surface area contributed by atoms with E-state index in [0.29, 0.717) is 6.42 Å². The van der Waals surface area contributed by atoms with Crippen LogP contribution in [0.4, 0.5) is 0 Å². The summed E-state index contributed by atoms with van der Waals surface area (Å²) in [7, 11) is 0. The third kappa shape index (κ3) is 2.25. The molecule has 0 bridgehead atoms. The first kappa shape index (κ1) is 9.61. The molecule has 0 aromatic carbocycles. The highest BCUT2D eigenvalue weighted by Crippen LogP contribution is 2.27. The minimum absolute atomic E-state index is 0.225. The molecular weight excluding hydrogens is 176 g/mol. The van der Waals surface area contributed by atoms with E-state index in [4.69, 9.17) is 4.74 Å². The van der Waals surface area contributed by atoms with Gasteiger partial charge in [0, 0.05) is 0 Å². The SMILES string of the molecule is C=CCOC(=O)C1SCCC1O. The zero-order valence-corrected chi connectivity index (χ0v) is 7.55. The maximum absolute atomic E-state index is 11.2. The van der Waals surface area contributed by atoms with Gasteiger partial charge in [-0.15, -0.1) is 11.8 Å². The summed E-state index contributed by atoms with van der Waals surface area (Å²) in [6.07, 6.45) is 1.66. The van der Waals surface area contributed by atoms with Gasteiger partial charge in [-0.2, -0.15) is 0 Å². The summed E-state index contributed by atoms with van der Waals surface area (Å²) in [6, 6.07) is 0. The molecule has 2 unspecified atom stereocenters. The van der Waals surface area contributed by atoms with Crippen LogP contribution in [0.3, 0.4) is 0 Å². The molecule has 68 valence electrons. The van der Waals surface area contributed by atoms with Gasteiger partial charge in [0.25, 0.3) is 0 Å². The van der Waals surface area contributed by atoms with Crippen molar-refractivity contribution in [2.75, 3.05) is 12.4 Å². The fraction of sp³-hybridized carbons (Fsp3) is 0.625. The lowest BCUT2D eigenvalue weighted by Gasteiger charge is -2.11. The Morgan fingerprint density at radius 1 is 1.83 bits per heavy atom. The number of ether oxygens (including phenoxy) is 1. The zero-order valence-electron chi connectivity index (χ0n) is 6.73. The van der Waals surface area contributed by atoms with E-state index < -0.39 is 6.10 Å². The molecule has 0 aromatic rings. The number of rotatable bonds is 3. The third-order valence-corrected chi connectivity index (χ3v) is 2.97. The van der Waals surface area contributed by atoms with Crippen molar-refractivity contribution >= 4 is 17.7 Å². The highest BCUT2D eigenvalue weighted by Gasteiger charge is 2.33. The average Bonchev–Trinajstić information content (AvgIpc) is 2.47. The monoisotopic (exact) mass is 188 g/mol. The maximum Gasteiger partial charge on any atom is 0.322 e. The van der Waals surface area contributed by atoms with Gasteiger partial charge in [0.1, 0.15) is 11.9 Å². The average molecular weight is 188 g/mol. The van der Waals surface area contributed by atoms with Crippen LogP contribution in [0.1, 0.15) is 6.42 Å². The topological polar surface area (TPSA) is 46.5 Å². The van der Waals surface area contributed by atoms with Crippen molar-refractivity contribution in [2.24, 2.45) is 0 Å². The quantitative estimate of drug-likeness (QED) is 0.520. The van der Waals surface area contributed by atoms with Gasteiger partial charge in [0.15, 0.2) is 0 Å². The Morgan fingerprint density at radius 3 is 3.08 bits per heavy atom. The first-order valence-electron chi connectivity index (χ1n) is 3.83. The lowest BCUT2D eigenvalue weighted by atomic mass is 10.2. The Hall–Kier alpha value is -0.480. The van der Waals surface area contributed by atoms with Crippen LogP contribution in [0.25, 0.3) is 0 Å². The largest absolute Gasteiger partial charge is 0.461 e. The highest BCUT2D eigenvalue weighted by molar-refractivity contribution is 8.00. The molecule has 4 heteroatoms. The van der Waals surface area contributed by atoms with Crippen molar-refractivity contribution in [3.63, 3.8) is 0 Å². The van der Waals surface area contributed by atoms with E-state index in [0.717, 1.165) is 5.75 Å². The molecule has 0 radical (unpaired) electrons. The second-order valence-corrected chi connectivity index (χ2v) is 3.82. The Balaban J connectivity index is 2.35. The summed E-state index contributed by atoms with van der Waals surface area (Å²) in [5, 5.41) is 8.93. The molecule has 2 atom stereocenters. The number of aliphatic hydroxyl groups excluding tert-OH is 1. The predicted molar refractivity (Wildman–Crippen MR) is 48.0 cm³/mol. The molecule has 0 aromatic heterocycles. The molecule has 1 heterocycles. The molecule has 0 spiro atoms. The van der Waals surface area contributed by atoms with E-state index in [1.807, 2.05) is 0 Å². The first-order valence-corrected chi connectivity index (χ1v) is 4.88. The van der Waals surface area contributed by atoms with E-state index in [1.165, 1.54) is 17.8 Å². The minimum atomic E-state index is -0.535. The van der Waals surface area contributed by atoms with Crippen LogP contribution in [0.5, 0.6) is 0 Å². The lowest BCUT2D eigenvalue weighted by Crippen LogP contribution is -2.28. The molecule has 3 nitrogen and oxygen atoms in total. The van der Waals surface area contributed by atoms with Crippen molar-refractivity contribution in [3.8, 4) is 0 Å². The normalized spacial score (nSPS) is 28.4. The molecule has 0 amide bonds. The molecule has 1 N–H and O–H groups in total. The Labute approximate surface area is 75.8 Å². The van der Waals surface area contributed by atoms with Crippen LogP contribution in [0.2, 0.25) is 0 Å².